The van der Waals surface area contributed by atoms with Crippen LogP contribution in [-0.2, 0) is 4.79 Å². The summed E-state index contributed by atoms with van der Waals surface area (Å²) >= 11 is 5.95. The van der Waals surface area contributed by atoms with Gasteiger partial charge in [0.2, 0.25) is 34.9 Å². The van der Waals surface area contributed by atoms with Gasteiger partial charge in [-0.05, 0) is 37.3 Å². The number of hydrogen-bond acceptors (Lipinski definition) is 5. The van der Waals surface area contributed by atoms with Gasteiger partial charge in [0.15, 0.2) is 17.6 Å². The number of benzene rings is 3. The summed E-state index contributed by atoms with van der Waals surface area (Å²) in [4.78, 5) is 24.9. The molecule has 5 nitrogen and oxygen atoms in total. The van der Waals surface area contributed by atoms with E-state index in [2.05, 4.69) is 4.74 Å². The number of Topliss-reactive ketones (excluding diaryl/α,β-unsaturated/α-hetero) is 1. The molecule has 1 aliphatic heterocycles. The maximum atomic E-state index is 14.0. The van der Waals surface area contributed by atoms with Crippen LogP contribution in [0.25, 0.3) is 6.08 Å². The monoisotopic (exact) mass is 528 g/mol. The summed E-state index contributed by atoms with van der Waals surface area (Å²) in [5.74, 6) is -16.1. The topological polar surface area (TPSA) is 61.8 Å². The van der Waals surface area contributed by atoms with Crippen molar-refractivity contribution in [2.24, 2.45) is 0 Å². The molecule has 0 radical (unpaired) electrons. The zero-order chi connectivity index (χ0) is 26.3. The van der Waals surface area contributed by atoms with E-state index in [-0.39, 0.29) is 33.4 Å². The molecule has 1 heterocycles. The molecule has 4 rings (SSSR count). The minimum atomic E-state index is -2.38. The fourth-order valence-electron chi connectivity index (χ4n) is 3.12. The second kappa shape index (κ2) is 9.57. The number of hydrogen-bond donors (Lipinski definition) is 0. The highest BCUT2D eigenvalue weighted by molar-refractivity contribution is 6.32. The molecule has 186 valence electrons. The van der Waals surface area contributed by atoms with Crippen molar-refractivity contribution in [2.75, 3.05) is 0 Å². The largest absolute Gasteiger partial charge is 0.473 e. The summed E-state index contributed by atoms with van der Waals surface area (Å²) in [6.07, 6.45) is -0.709. The average Bonchev–Trinajstić information content (AvgIpc) is 3.15. The summed E-state index contributed by atoms with van der Waals surface area (Å²) in [6, 6.07) is 7.47. The molecule has 0 spiro atoms. The van der Waals surface area contributed by atoms with E-state index in [1.807, 2.05) is 0 Å². The van der Waals surface area contributed by atoms with Crippen LogP contribution in [0, 0.1) is 34.9 Å². The second-order valence-corrected chi connectivity index (χ2v) is 7.72. The number of carbonyl (C=O) groups is 2. The number of ether oxygens (including phenoxy) is 3. The standard InChI is InChI=1S/C24H11ClF6O5/c1-9(34-23-20(30)18(28)17(27)19(29)21(23)31)24(33)35-10-5-6-11-15(7-10)36-16(22(11)32)8-12-13(25)3-2-4-14(12)26/h2-9H,1H3/b16-8-. The van der Waals surface area contributed by atoms with Crippen molar-refractivity contribution in [2.45, 2.75) is 13.0 Å². The Hall–Kier alpha value is -3.99. The Morgan fingerprint density at radius 3 is 2.25 bits per heavy atom. The van der Waals surface area contributed by atoms with Crippen molar-refractivity contribution in [3.63, 3.8) is 0 Å². The molecule has 0 fully saturated rings. The minimum absolute atomic E-state index is 0.0345. The van der Waals surface area contributed by atoms with Crippen LogP contribution in [0.15, 0.2) is 42.2 Å². The van der Waals surface area contributed by atoms with Gasteiger partial charge in [-0.25, -0.2) is 22.4 Å². The predicted octanol–water partition coefficient (Wildman–Crippen LogP) is 6.16. The van der Waals surface area contributed by atoms with Crippen molar-refractivity contribution >= 4 is 29.4 Å². The van der Waals surface area contributed by atoms with Gasteiger partial charge in [-0.3, -0.25) is 4.79 Å². The number of esters is 1. The SMILES string of the molecule is CC(Oc1c(F)c(F)c(F)c(F)c1F)C(=O)Oc1ccc2c(c1)O/C(=C\c1c(F)cccc1Cl)C2=O. The third-order valence-electron chi connectivity index (χ3n) is 4.93. The first kappa shape index (κ1) is 25.1. The van der Waals surface area contributed by atoms with Gasteiger partial charge in [0.05, 0.1) is 10.6 Å². The van der Waals surface area contributed by atoms with Gasteiger partial charge >= 0.3 is 5.97 Å². The molecule has 3 aromatic carbocycles. The van der Waals surface area contributed by atoms with Crippen molar-refractivity contribution in [3.8, 4) is 17.2 Å². The smallest absolute Gasteiger partial charge is 0.352 e. The van der Waals surface area contributed by atoms with E-state index in [0.717, 1.165) is 25.1 Å². The van der Waals surface area contributed by atoms with Gasteiger partial charge < -0.3 is 14.2 Å². The van der Waals surface area contributed by atoms with Gasteiger partial charge in [0, 0.05) is 11.6 Å². The molecule has 0 bridgehead atoms. The summed E-state index contributed by atoms with van der Waals surface area (Å²) in [5, 5.41) is 0.0345. The lowest BCUT2D eigenvalue weighted by molar-refractivity contribution is -0.141. The molecule has 1 atom stereocenters. The Kier molecular flexibility index (Phi) is 6.68. The number of allylic oxidation sites excluding steroid dienone is 1. The molecule has 0 aromatic heterocycles. The van der Waals surface area contributed by atoms with Gasteiger partial charge in [0.25, 0.3) is 0 Å². The number of ketones is 1. The predicted molar refractivity (Wildman–Crippen MR) is 113 cm³/mol. The highest BCUT2D eigenvalue weighted by Crippen LogP contribution is 2.36. The summed E-state index contributed by atoms with van der Waals surface area (Å²) in [5.41, 5.74) is -0.0275. The molecule has 1 unspecified atom stereocenters. The van der Waals surface area contributed by atoms with Crippen molar-refractivity contribution in [3.05, 3.63) is 93.2 Å². The van der Waals surface area contributed by atoms with Crippen LogP contribution in [-0.4, -0.2) is 17.9 Å². The zero-order valence-corrected chi connectivity index (χ0v) is 18.6. The van der Waals surface area contributed by atoms with Crippen LogP contribution in [0.1, 0.15) is 22.8 Å². The van der Waals surface area contributed by atoms with Gasteiger partial charge in [-0.15, -0.1) is 0 Å². The first-order valence-electron chi connectivity index (χ1n) is 9.91. The molecular formula is C24H11ClF6O5. The lowest BCUT2D eigenvalue weighted by Crippen LogP contribution is -2.29. The molecule has 0 saturated carbocycles. The second-order valence-electron chi connectivity index (χ2n) is 7.31. The zero-order valence-electron chi connectivity index (χ0n) is 17.8. The molecule has 12 heteroatoms. The van der Waals surface area contributed by atoms with Crippen LogP contribution in [0.4, 0.5) is 26.3 Å². The number of rotatable bonds is 5. The van der Waals surface area contributed by atoms with Crippen LogP contribution in [0.2, 0.25) is 5.02 Å². The fourth-order valence-corrected chi connectivity index (χ4v) is 3.34. The Balaban J connectivity index is 1.52. The third-order valence-corrected chi connectivity index (χ3v) is 5.26. The van der Waals surface area contributed by atoms with Crippen LogP contribution < -0.4 is 14.2 Å². The lowest BCUT2D eigenvalue weighted by Gasteiger charge is -2.15. The fraction of sp³-hybridized carbons (Fsp3) is 0.0833. The quantitative estimate of drug-likeness (QED) is 0.0991. The Labute approximate surface area is 203 Å². The first-order chi connectivity index (χ1) is 17.0. The molecule has 1 aliphatic rings. The van der Waals surface area contributed by atoms with E-state index in [4.69, 9.17) is 21.1 Å². The van der Waals surface area contributed by atoms with Crippen molar-refractivity contribution in [1.82, 2.24) is 0 Å². The summed E-state index contributed by atoms with van der Waals surface area (Å²) in [6.45, 7) is 0.951. The first-order valence-corrected chi connectivity index (χ1v) is 10.3. The summed E-state index contributed by atoms with van der Waals surface area (Å²) in [7, 11) is 0. The molecule has 0 amide bonds. The van der Waals surface area contributed by atoms with Crippen molar-refractivity contribution < 1.29 is 50.1 Å². The maximum absolute atomic E-state index is 14.0. The van der Waals surface area contributed by atoms with E-state index in [0.29, 0.717) is 0 Å². The normalized spacial score (nSPS) is 14.4. The van der Waals surface area contributed by atoms with Crippen LogP contribution >= 0.6 is 11.6 Å². The molecule has 0 aliphatic carbocycles. The Bertz CT molecular complexity index is 1410. The van der Waals surface area contributed by atoms with E-state index < -0.39 is 58.5 Å². The van der Waals surface area contributed by atoms with Crippen molar-refractivity contribution in [1.29, 1.82) is 0 Å². The minimum Gasteiger partial charge on any atom is -0.473 e. The molecule has 36 heavy (non-hydrogen) atoms. The maximum Gasteiger partial charge on any atom is 0.352 e. The third kappa shape index (κ3) is 4.49. The van der Waals surface area contributed by atoms with Gasteiger partial charge in [-0.1, -0.05) is 17.7 Å². The number of carbonyl (C=O) groups excluding carboxylic acids is 2. The van der Waals surface area contributed by atoms with Gasteiger partial charge in [0.1, 0.15) is 17.3 Å². The van der Waals surface area contributed by atoms with E-state index >= 15 is 0 Å². The van der Waals surface area contributed by atoms with Gasteiger partial charge in [-0.2, -0.15) is 8.78 Å². The summed E-state index contributed by atoms with van der Waals surface area (Å²) < 4.78 is 96.5. The van der Waals surface area contributed by atoms with E-state index in [1.165, 1.54) is 24.3 Å². The lowest BCUT2D eigenvalue weighted by atomic mass is 10.1. The molecular weight excluding hydrogens is 518 g/mol. The Morgan fingerprint density at radius 1 is 0.972 bits per heavy atom. The number of fused-ring (bicyclic) bond motifs is 1. The molecule has 3 aromatic rings. The number of halogens is 7. The van der Waals surface area contributed by atoms with E-state index in [9.17, 15) is 35.9 Å². The highest BCUT2D eigenvalue weighted by atomic mass is 35.5. The van der Waals surface area contributed by atoms with Crippen LogP contribution in [0.5, 0.6) is 17.2 Å². The van der Waals surface area contributed by atoms with Crippen LogP contribution in [0.3, 0.4) is 0 Å². The van der Waals surface area contributed by atoms with E-state index in [1.54, 1.807) is 0 Å². The highest BCUT2D eigenvalue weighted by Gasteiger charge is 2.31. The average molecular weight is 529 g/mol. The molecule has 0 saturated heterocycles. The Morgan fingerprint density at radius 2 is 1.61 bits per heavy atom. The molecule has 0 N–H and O–H groups in total.